The molecular formula is C16H33NO. The van der Waals surface area contributed by atoms with Crippen LogP contribution in [0.3, 0.4) is 0 Å². The third-order valence-corrected chi connectivity index (χ3v) is 4.01. The van der Waals surface area contributed by atoms with Crippen molar-refractivity contribution in [2.75, 3.05) is 6.61 Å². The maximum atomic E-state index is 6.28. The fourth-order valence-corrected chi connectivity index (χ4v) is 2.73. The van der Waals surface area contributed by atoms with E-state index in [2.05, 4.69) is 13.8 Å². The van der Waals surface area contributed by atoms with Crippen LogP contribution in [-0.4, -0.2) is 18.8 Å². The molecule has 0 spiro atoms. The quantitative estimate of drug-likeness (QED) is 0.529. The second-order valence-corrected chi connectivity index (χ2v) is 5.83. The van der Waals surface area contributed by atoms with Gasteiger partial charge >= 0.3 is 0 Å². The number of hydrogen-bond donors (Lipinski definition) is 1. The zero-order valence-electron chi connectivity index (χ0n) is 12.5. The van der Waals surface area contributed by atoms with Crippen LogP contribution in [0.5, 0.6) is 0 Å². The van der Waals surface area contributed by atoms with Crippen molar-refractivity contribution in [1.82, 2.24) is 0 Å². The Morgan fingerprint density at radius 2 is 1.61 bits per heavy atom. The Kier molecular flexibility index (Phi) is 8.70. The van der Waals surface area contributed by atoms with Crippen LogP contribution in [0.15, 0.2) is 0 Å². The Bertz CT molecular complexity index is 192. The molecule has 1 fully saturated rings. The van der Waals surface area contributed by atoms with Crippen LogP contribution in [0.1, 0.15) is 78.1 Å². The molecule has 0 radical (unpaired) electrons. The zero-order chi connectivity index (χ0) is 13.2. The highest BCUT2D eigenvalue weighted by molar-refractivity contribution is 4.88. The largest absolute Gasteiger partial charge is 0.377 e. The summed E-state index contributed by atoms with van der Waals surface area (Å²) in [5.41, 5.74) is 6.28. The number of nitrogens with two attached hydrogens (primary N) is 1. The first kappa shape index (κ1) is 16.0. The van der Waals surface area contributed by atoms with E-state index >= 15 is 0 Å². The highest BCUT2D eigenvalue weighted by Gasteiger charge is 2.35. The van der Waals surface area contributed by atoms with Crippen molar-refractivity contribution in [3.63, 3.8) is 0 Å². The molecule has 18 heavy (non-hydrogen) atoms. The molecule has 1 rings (SSSR count). The Labute approximate surface area is 114 Å². The molecule has 1 saturated carbocycles. The van der Waals surface area contributed by atoms with Crippen LogP contribution >= 0.6 is 0 Å². The minimum absolute atomic E-state index is 0.271. The number of ether oxygens (including phenoxy) is 1. The minimum atomic E-state index is 0.271. The predicted octanol–water partition coefficient (Wildman–Crippen LogP) is 4.27. The van der Waals surface area contributed by atoms with E-state index in [4.69, 9.17) is 10.5 Å². The summed E-state index contributed by atoms with van der Waals surface area (Å²) in [6, 6.07) is 0.271. The molecule has 0 heterocycles. The number of hydrogen-bond acceptors (Lipinski definition) is 2. The first-order valence-electron chi connectivity index (χ1n) is 8.16. The fraction of sp³-hybridized carbons (Fsp3) is 1.00. The topological polar surface area (TPSA) is 35.2 Å². The molecule has 0 aromatic carbocycles. The zero-order valence-corrected chi connectivity index (χ0v) is 12.5. The van der Waals surface area contributed by atoms with E-state index in [1.165, 1.54) is 57.8 Å². The molecule has 0 aromatic heterocycles. The second-order valence-electron chi connectivity index (χ2n) is 5.83. The van der Waals surface area contributed by atoms with Crippen LogP contribution < -0.4 is 5.73 Å². The SMILES string of the molecule is CCCCCCCCCC(N)C(OCC)C1CC1. The molecule has 1 aliphatic rings. The van der Waals surface area contributed by atoms with Gasteiger partial charge in [0.2, 0.25) is 0 Å². The van der Waals surface area contributed by atoms with Gasteiger partial charge in [0.25, 0.3) is 0 Å². The normalized spacial score (nSPS) is 18.8. The summed E-state index contributed by atoms with van der Waals surface area (Å²) in [6.07, 6.45) is 13.7. The van der Waals surface area contributed by atoms with Crippen molar-refractivity contribution >= 4 is 0 Å². The Balaban J connectivity index is 1.99. The molecule has 0 bridgehead atoms. The third kappa shape index (κ3) is 6.75. The van der Waals surface area contributed by atoms with Gasteiger partial charge in [0.15, 0.2) is 0 Å². The molecule has 2 atom stereocenters. The molecule has 108 valence electrons. The molecule has 2 N–H and O–H groups in total. The second kappa shape index (κ2) is 9.80. The number of rotatable bonds is 12. The van der Waals surface area contributed by atoms with Gasteiger partial charge < -0.3 is 10.5 Å². The molecule has 2 heteroatoms. The van der Waals surface area contributed by atoms with E-state index in [0.29, 0.717) is 6.10 Å². The van der Waals surface area contributed by atoms with Crippen molar-refractivity contribution in [3.05, 3.63) is 0 Å². The van der Waals surface area contributed by atoms with Crippen molar-refractivity contribution in [3.8, 4) is 0 Å². The molecule has 0 aromatic rings. The standard InChI is InChI=1S/C16H33NO/c1-3-5-6-7-8-9-10-11-15(17)16(18-4-2)14-12-13-14/h14-16H,3-13,17H2,1-2H3. The fourth-order valence-electron chi connectivity index (χ4n) is 2.73. The van der Waals surface area contributed by atoms with Gasteiger partial charge in [-0.05, 0) is 32.1 Å². The Morgan fingerprint density at radius 1 is 1.00 bits per heavy atom. The maximum Gasteiger partial charge on any atom is 0.0753 e. The summed E-state index contributed by atoms with van der Waals surface area (Å²) in [5, 5.41) is 0. The van der Waals surface area contributed by atoms with Gasteiger partial charge in [-0.3, -0.25) is 0 Å². The average Bonchev–Trinajstić information content (AvgIpc) is 3.19. The van der Waals surface area contributed by atoms with Crippen LogP contribution in [-0.2, 0) is 4.74 Å². The molecule has 1 aliphatic carbocycles. The van der Waals surface area contributed by atoms with Crippen molar-refractivity contribution in [2.45, 2.75) is 90.2 Å². The monoisotopic (exact) mass is 255 g/mol. The average molecular weight is 255 g/mol. The molecule has 0 saturated heterocycles. The van der Waals surface area contributed by atoms with E-state index in [9.17, 15) is 0 Å². The lowest BCUT2D eigenvalue weighted by molar-refractivity contribution is 0.0262. The van der Waals surface area contributed by atoms with E-state index in [-0.39, 0.29) is 6.04 Å². The van der Waals surface area contributed by atoms with Gasteiger partial charge in [-0.2, -0.15) is 0 Å². The Hall–Kier alpha value is -0.0800. The van der Waals surface area contributed by atoms with E-state index < -0.39 is 0 Å². The number of unbranched alkanes of at least 4 members (excludes halogenated alkanes) is 6. The predicted molar refractivity (Wildman–Crippen MR) is 78.7 cm³/mol. The van der Waals surface area contributed by atoms with Crippen molar-refractivity contribution in [1.29, 1.82) is 0 Å². The molecule has 2 nitrogen and oxygen atoms in total. The van der Waals surface area contributed by atoms with Crippen molar-refractivity contribution < 1.29 is 4.74 Å². The van der Waals surface area contributed by atoms with Gasteiger partial charge in [-0.15, -0.1) is 0 Å². The highest BCUT2D eigenvalue weighted by atomic mass is 16.5. The van der Waals surface area contributed by atoms with Crippen LogP contribution in [0.2, 0.25) is 0 Å². The van der Waals surface area contributed by atoms with Crippen molar-refractivity contribution in [2.24, 2.45) is 11.7 Å². The van der Waals surface area contributed by atoms with E-state index in [1.807, 2.05) is 0 Å². The van der Waals surface area contributed by atoms with Crippen LogP contribution in [0.25, 0.3) is 0 Å². The lowest BCUT2D eigenvalue weighted by Crippen LogP contribution is -2.38. The summed E-state index contributed by atoms with van der Waals surface area (Å²) in [6.45, 7) is 5.16. The molecule has 2 unspecified atom stereocenters. The smallest absolute Gasteiger partial charge is 0.0753 e. The van der Waals surface area contributed by atoms with Gasteiger partial charge in [0, 0.05) is 12.6 Å². The van der Waals surface area contributed by atoms with E-state index in [0.717, 1.165) is 18.9 Å². The Morgan fingerprint density at radius 3 is 2.17 bits per heavy atom. The summed E-state index contributed by atoms with van der Waals surface area (Å²) in [5.74, 6) is 0.768. The minimum Gasteiger partial charge on any atom is -0.377 e. The maximum absolute atomic E-state index is 6.28. The lowest BCUT2D eigenvalue weighted by atomic mass is 9.99. The van der Waals surface area contributed by atoms with Gasteiger partial charge in [-0.25, -0.2) is 0 Å². The summed E-state index contributed by atoms with van der Waals surface area (Å²) >= 11 is 0. The first-order chi connectivity index (χ1) is 8.79. The third-order valence-electron chi connectivity index (χ3n) is 4.01. The van der Waals surface area contributed by atoms with Gasteiger partial charge in [0.05, 0.1) is 6.10 Å². The van der Waals surface area contributed by atoms with Gasteiger partial charge in [0.1, 0.15) is 0 Å². The summed E-state index contributed by atoms with van der Waals surface area (Å²) in [7, 11) is 0. The summed E-state index contributed by atoms with van der Waals surface area (Å²) < 4.78 is 5.81. The van der Waals surface area contributed by atoms with Crippen LogP contribution in [0, 0.1) is 5.92 Å². The summed E-state index contributed by atoms with van der Waals surface area (Å²) in [4.78, 5) is 0. The highest BCUT2D eigenvalue weighted by Crippen LogP contribution is 2.36. The van der Waals surface area contributed by atoms with E-state index in [1.54, 1.807) is 0 Å². The van der Waals surface area contributed by atoms with Gasteiger partial charge in [-0.1, -0.05) is 51.9 Å². The molecular weight excluding hydrogens is 222 g/mol. The lowest BCUT2D eigenvalue weighted by Gasteiger charge is -2.23. The van der Waals surface area contributed by atoms with Crippen LogP contribution in [0.4, 0.5) is 0 Å². The first-order valence-corrected chi connectivity index (χ1v) is 8.16. The molecule has 0 amide bonds. The molecule has 0 aliphatic heterocycles.